The molecule has 0 saturated heterocycles. The molecule has 0 aromatic carbocycles. The summed E-state index contributed by atoms with van der Waals surface area (Å²) in [6.45, 7) is 0. The lowest BCUT2D eigenvalue weighted by atomic mass is 10.4. The predicted molar refractivity (Wildman–Crippen MR) is 60.7 cm³/mol. The Morgan fingerprint density at radius 2 is 2.17 bits per heavy atom. The number of rotatable bonds is 4. The highest BCUT2D eigenvalue weighted by atomic mass is 32.2. The Morgan fingerprint density at radius 3 is 2.67 bits per heavy atom. The zero-order valence-corrected chi connectivity index (χ0v) is 9.59. The van der Waals surface area contributed by atoms with E-state index in [2.05, 4.69) is 4.98 Å². The van der Waals surface area contributed by atoms with Crippen LogP contribution in [0.3, 0.4) is 0 Å². The quantitative estimate of drug-likeness (QED) is 0.668. The van der Waals surface area contributed by atoms with Gasteiger partial charge in [-0.25, -0.2) is 9.78 Å². The number of nitro groups is 1. The van der Waals surface area contributed by atoms with Crippen LogP contribution in [0.5, 0.6) is 0 Å². The molecule has 0 radical (unpaired) electrons. The van der Waals surface area contributed by atoms with Gasteiger partial charge in [-0.3, -0.25) is 10.1 Å². The number of carboxylic acid groups (broad SMARTS) is 1. The summed E-state index contributed by atoms with van der Waals surface area (Å²) < 4.78 is 5.02. The molecule has 92 valence electrons. The van der Waals surface area contributed by atoms with Crippen molar-refractivity contribution in [1.82, 2.24) is 4.98 Å². The molecule has 2 aromatic heterocycles. The molecule has 0 saturated carbocycles. The topological polar surface area (TPSA) is 106 Å². The van der Waals surface area contributed by atoms with Crippen molar-refractivity contribution in [3.63, 3.8) is 0 Å². The summed E-state index contributed by atoms with van der Waals surface area (Å²) >= 11 is 1.08. The molecule has 2 rings (SSSR count). The van der Waals surface area contributed by atoms with Crippen LogP contribution in [0.15, 0.2) is 45.0 Å². The molecule has 2 heterocycles. The van der Waals surface area contributed by atoms with Gasteiger partial charge in [0.2, 0.25) is 5.76 Å². The van der Waals surface area contributed by atoms with Crippen LogP contribution in [0.25, 0.3) is 0 Å². The van der Waals surface area contributed by atoms with E-state index in [-0.39, 0.29) is 11.4 Å². The number of nitrogens with zero attached hydrogens (tertiary/aromatic N) is 2. The van der Waals surface area contributed by atoms with E-state index in [4.69, 9.17) is 9.52 Å². The summed E-state index contributed by atoms with van der Waals surface area (Å²) in [5.41, 5.74) is -0.106. The Morgan fingerprint density at radius 1 is 1.39 bits per heavy atom. The van der Waals surface area contributed by atoms with Crippen molar-refractivity contribution in [3.8, 4) is 0 Å². The van der Waals surface area contributed by atoms with E-state index in [1.807, 2.05) is 0 Å². The maximum Gasteiger partial charge on any atom is 0.371 e. The fraction of sp³-hybridized carbons (Fsp3) is 0. The Kier molecular flexibility index (Phi) is 3.28. The second-order valence-corrected chi connectivity index (χ2v) is 4.16. The standard InChI is InChI=1S/C10H6N2O5S/c13-10(14)7-2-4-9(17-7)18-8-3-1-6(5-11-8)12(15)16/h1-5H,(H,13,14). The number of aromatic carboxylic acids is 1. The van der Waals surface area contributed by atoms with Crippen LogP contribution in [-0.2, 0) is 0 Å². The lowest BCUT2D eigenvalue weighted by Gasteiger charge is -1.96. The van der Waals surface area contributed by atoms with Crippen LogP contribution in [0.2, 0.25) is 0 Å². The molecule has 8 heteroatoms. The molecular formula is C10H6N2O5S. The third-order valence-electron chi connectivity index (χ3n) is 1.93. The van der Waals surface area contributed by atoms with Gasteiger partial charge in [0.05, 0.1) is 4.92 Å². The summed E-state index contributed by atoms with van der Waals surface area (Å²) in [6, 6.07) is 5.61. The van der Waals surface area contributed by atoms with Crippen molar-refractivity contribution in [1.29, 1.82) is 0 Å². The van der Waals surface area contributed by atoms with Gasteiger partial charge in [-0.15, -0.1) is 0 Å². The van der Waals surface area contributed by atoms with Crippen LogP contribution in [0.4, 0.5) is 5.69 Å². The fourth-order valence-corrected chi connectivity index (χ4v) is 1.85. The number of aromatic nitrogens is 1. The summed E-state index contributed by atoms with van der Waals surface area (Å²) in [5.74, 6) is -1.32. The van der Waals surface area contributed by atoms with Gasteiger partial charge < -0.3 is 9.52 Å². The maximum absolute atomic E-state index is 10.6. The third-order valence-corrected chi connectivity index (χ3v) is 2.80. The molecule has 0 atom stereocenters. The zero-order valence-electron chi connectivity index (χ0n) is 8.77. The average molecular weight is 266 g/mol. The molecule has 18 heavy (non-hydrogen) atoms. The van der Waals surface area contributed by atoms with Crippen molar-refractivity contribution in [2.45, 2.75) is 10.1 Å². The third kappa shape index (κ3) is 2.66. The molecule has 1 N–H and O–H groups in total. The van der Waals surface area contributed by atoms with Crippen LogP contribution >= 0.6 is 11.8 Å². The number of furan rings is 1. The highest BCUT2D eigenvalue weighted by Gasteiger charge is 2.11. The second-order valence-electron chi connectivity index (χ2n) is 3.14. The van der Waals surface area contributed by atoms with Gasteiger partial charge in [-0.1, -0.05) is 0 Å². The first kappa shape index (κ1) is 12.1. The molecular weight excluding hydrogens is 260 g/mol. The van der Waals surface area contributed by atoms with Crippen LogP contribution in [0, 0.1) is 10.1 Å². The smallest absolute Gasteiger partial charge is 0.371 e. The van der Waals surface area contributed by atoms with E-state index < -0.39 is 10.9 Å². The summed E-state index contributed by atoms with van der Waals surface area (Å²) in [7, 11) is 0. The number of pyridine rings is 1. The lowest BCUT2D eigenvalue weighted by molar-refractivity contribution is -0.385. The molecule has 0 aliphatic heterocycles. The van der Waals surface area contributed by atoms with E-state index in [1.54, 1.807) is 0 Å². The van der Waals surface area contributed by atoms with Gasteiger partial charge in [-0.05, 0) is 30.0 Å². The first-order chi connectivity index (χ1) is 8.56. The van der Waals surface area contributed by atoms with E-state index in [1.165, 1.54) is 24.3 Å². The van der Waals surface area contributed by atoms with E-state index in [0.717, 1.165) is 18.0 Å². The van der Waals surface area contributed by atoms with E-state index in [0.29, 0.717) is 10.1 Å². The predicted octanol–water partition coefficient (Wildman–Crippen LogP) is 2.43. The first-order valence-electron chi connectivity index (χ1n) is 4.67. The van der Waals surface area contributed by atoms with Gasteiger partial charge in [0, 0.05) is 6.07 Å². The largest absolute Gasteiger partial charge is 0.475 e. The van der Waals surface area contributed by atoms with Crippen LogP contribution in [0.1, 0.15) is 10.6 Å². The van der Waals surface area contributed by atoms with Crippen LogP contribution < -0.4 is 0 Å². The normalized spacial score (nSPS) is 10.2. The summed E-state index contributed by atoms with van der Waals surface area (Å²) in [4.78, 5) is 24.3. The minimum Gasteiger partial charge on any atom is -0.475 e. The first-order valence-corrected chi connectivity index (χ1v) is 5.49. The van der Waals surface area contributed by atoms with Crippen molar-refractivity contribution < 1.29 is 19.2 Å². The van der Waals surface area contributed by atoms with Crippen molar-refractivity contribution in [2.75, 3.05) is 0 Å². The summed E-state index contributed by atoms with van der Waals surface area (Å²) in [5, 5.41) is 19.9. The number of hydrogen-bond donors (Lipinski definition) is 1. The zero-order chi connectivity index (χ0) is 13.1. The highest BCUT2D eigenvalue weighted by molar-refractivity contribution is 7.99. The Hall–Kier alpha value is -2.35. The molecule has 0 unspecified atom stereocenters. The number of carboxylic acids is 1. The van der Waals surface area contributed by atoms with Crippen molar-refractivity contribution >= 4 is 23.4 Å². The monoisotopic (exact) mass is 266 g/mol. The van der Waals surface area contributed by atoms with Gasteiger partial charge in [0.1, 0.15) is 11.2 Å². The molecule has 0 amide bonds. The van der Waals surface area contributed by atoms with Gasteiger partial charge >= 0.3 is 5.97 Å². The Balaban J connectivity index is 2.13. The van der Waals surface area contributed by atoms with Gasteiger partial charge in [0.25, 0.3) is 5.69 Å². The van der Waals surface area contributed by atoms with Crippen molar-refractivity contribution in [2.24, 2.45) is 0 Å². The average Bonchev–Trinajstić information content (AvgIpc) is 2.78. The molecule has 0 spiro atoms. The van der Waals surface area contributed by atoms with E-state index in [9.17, 15) is 14.9 Å². The van der Waals surface area contributed by atoms with Crippen molar-refractivity contribution in [3.05, 3.63) is 46.3 Å². The SMILES string of the molecule is O=C(O)c1ccc(Sc2ccc([N+](=O)[O-])cn2)o1. The molecule has 7 nitrogen and oxygen atoms in total. The number of carbonyl (C=O) groups is 1. The number of hydrogen-bond acceptors (Lipinski definition) is 6. The van der Waals surface area contributed by atoms with Crippen LogP contribution in [-0.4, -0.2) is 21.0 Å². The Labute approximate surface area is 105 Å². The Bertz CT molecular complexity index is 593. The highest BCUT2D eigenvalue weighted by Crippen LogP contribution is 2.28. The lowest BCUT2D eigenvalue weighted by Crippen LogP contribution is -1.91. The second kappa shape index (κ2) is 4.88. The van der Waals surface area contributed by atoms with Gasteiger partial charge in [0.15, 0.2) is 5.09 Å². The maximum atomic E-state index is 10.6. The summed E-state index contributed by atoms with van der Waals surface area (Å²) in [6.07, 6.45) is 1.13. The van der Waals surface area contributed by atoms with E-state index >= 15 is 0 Å². The fourth-order valence-electron chi connectivity index (χ4n) is 1.13. The molecule has 0 bridgehead atoms. The molecule has 0 aliphatic rings. The van der Waals surface area contributed by atoms with Gasteiger partial charge in [-0.2, -0.15) is 0 Å². The minimum absolute atomic E-state index is 0.106. The minimum atomic E-state index is -1.15. The molecule has 2 aromatic rings. The molecule has 0 aliphatic carbocycles. The molecule has 0 fully saturated rings.